The van der Waals surface area contributed by atoms with Crippen molar-refractivity contribution < 1.29 is 14.9 Å². The maximum atomic E-state index is 10.2. The van der Waals surface area contributed by atoms with E-state index in [2.05, 4.69) is 15.6 Å². The molecule has 2 aromatic rings. The monoisotopic (exact) mass is 485 g/mol. The number of aliphatic imine (C=N–C) groups is 1. The quantitative estimate of drug-likeness (QED) is 0.262. The predicted octanol–water partition coefficient (Wildman–Crippen LogP) is 3.20. The molecule has 0 radical (unpaired) electrons. The van der Waals surface area contributed by atoms with Gasteiger partial charge in [0.25, 0.3) is 0 Å². The average molecular weight is 485 g/mol. The number of aliphatic hydroxyl groups excluding tert-OH is 1. The van der Waals surface area contributed by atoms with Gasteiger partial charge in [0.15, 0.2) is 5.96 Å². The number of ether oxygens (including phenoxy) is 1. The molecule has 0 aromatic heterocycles. The molecule has 0 aliphatic heterocycles. The summed E-state index contributed by atoms with van der Waals surface area (Å²) >= 11 is 0. The van der Waals surface area contributed by atoms with Crippen LogP contribution in [0.5, 0.6) is 11.5 Å². The lowest BCUT2D eigenvalue weighted by Gasteiger charge is -2.14. The highest BCUT2D eigenvalue weighted by molar-refractivity contribution is 14.0. The van der Waals surface area contributed by atoms with Crippen molar-refractivity contribution in [3.8, 4) is 11.5 Å². The van der Waals surface area contributed by atoms with E-state index in [9.17, 15) is 10.2 Å². The molecule has 0 heterocycles. The number of nitrogens with zero attached hydrogens (tertiary/aromatic N) is 1. The van der Waals surface area contributed by atoms with E-state index in [1.165, 1.54) is 0 Å². The fraction of sp³-hybridized carbons (Fsp3) is 0.350. The van der Waals surface area contributed by atoms with Crippen LogP contribution in [-0.2, 0) is 6.54 Å². The Morgan fingerprint density at radius 3 is 2.56 bits per heavy atom. The highest BCUT2D eigenvalue weighted by Crippen LogP contribution is 2.23. The van der Waals surface area contributed by atoms with Crippen LogP contribution in [0.2, 0.25) is 0 Å². The van der Waals surface area contributed by atoms with Gasteiger partial charge in [0.1, 0.15) is 11.5 Å². The molecule has 2 aromatic carbocycles. The Labute approximate surface area is 177 Å². The maximum Gasteiger partial charge on any atom is 0.191 e. The summed E-state index contributed by atoms with van der Waals surface area (Å²) < 4.78 is 5.18. The van der Waals surface area contributed by atoms with Crippen molar-refractivity contribution in [2.75, 3.05) is 20.2 Å². The van der Waals surface area contributed by atoms with Gasteiger partial charge in [0, 0.05) is 18.7 Å². The van der Waals surface area contributed by atoms with Gasteiger partial charge in [0.05, 0.1) is 19.8 Å². The van der Waals surface area contributed by atoms with Crippen molar-refractivity contribution >= 4 is 29.9 Å². The van der Waals surface area contributed by atoms with Crippen molar-refractivity contribution in [3.63, 3.8) is 0 Å². The molecular formula is C20H28IN3O3. The van der Waals surface area contributed by atoms with Crippen LogP contribution in [0.25, 0.3) is 0 Å². The van der Waals surface area contributed by atoms with E-state index in [1.54, 1.807) is 25.3 Å². The second kappa shape index (κ2) is 12.4. The topological polar surface area (TPSA) is 86.1 Å². The maximum absolute atomic E-state index is 10.2. The Morgan fingerprint density at radius 2 is 1.89 bits per heavy atom. The molecule has 1 atom stereocenters. The minimum Gasteiger partial charge on any atom is -0.508 e. The van der Waals surface area contributed by atoms with Crippen molar-refractivity contribution in [2.45, 2.75) is 26.0 Å². The Morgan fingerprint density at radius 1 is 1.15 bits per heavy atom. The number of guanidine groups is 1. The number of aliphatic hydroxyl groups is 1. The van der Waals surface area contributed by atoms with E-state index in [0.29, 0.717) is 36.8 Å². The highest BCUT2D eigenvalue weighted by Gasteiger charge is 2.08. The molecule has 0 fully saturated rings. The number of aromatic hydroxyl groups is 1. The molecule has 148 valence electrons. The van der Waals surface area contributed by atoms with Gasteiger partial charge in [-0.1, -0.05) is 30.3 Å². The van der Waals surface area contributed by atoms with Crippen LogP contribution in [0.1, 0.15) is 30.6 Å². The first-order chi connectivity index (χ1) is 12.6. The van der Waals surface area contributed by atoms with E-state index in [-0.39, 0.29) is 29.7 Å². The van der Waals surface area contributed by atoms with Crippen molar-refractivity contribution in [3.05, 3.63) is 59.7 Å². The molecule has 27 heavy (non-hydrogen) atoms. The SMILES string of the molecule is CCNC(=NCc1cc(OC)ccc1O)NCCC(O)c1ccccc1.I. The molecule has 2 rings (SSSR count). The van der Waals surface area contributed by atoms with Crippen molar-refractivity contribution in [1.29, 1.82) is 0 Å². The molecule has 7 heteroatoms. The fourth-order valence-corrected chi connectivity index (χ4v) is 2.49. The molecule has 0 aliphatic carbocycles. The number of methoxy groups -OCH3 is 1. The zero-order valence-corrected chi connectivity index (χ0v) is 18.0. The lowest BCUT2D eigenvalue weighted by Crippen LogP contribution is -2.38. The van der Waals surface area contributed by atoms with E-state index >= 15 is 0 Å². The summed E-state index contributed by atoms with van der Waals surface area (Å²) in [5.41, 5.74) is 1.59. The predicted molar refractivity (Wildman–Crippen MR) is 119 cm³/mol. The third-order valence-corrected chi connectivity index (χ3v) is 3.93. The van der Waals surface area contributed by atoms with Crippen LogP contribution in [0.4, 0.5) is 0 Å². The van der Waals surface area contributed by atoms with Gasteiger partial charge in [-0.25, -0.2) is 4.99 Å². The number of phenolic OH excluding ortho intramolecular Hbond substituents is 1. The van der Waals surface area contributed by atoms with E-state index in [1.807, 2.05) is 37.3 Å². The van der Waals surface area contributed by atoms with Crippen LogP contribution in [0.3, 0.4) is 0 Å². The molecule has 6 nitrogen and oxygen atoms in total. The van der Waals surface area contributed by atoms with Crippen LogP contribution in [-0.4, -0.2) is 36.4 Å². The fourth-order valence-electron chi connectivity index (χ4n) is 2.49. The second-order valence-electron chi connectivity index (χ2n) is 5.83. The van der Waals surface area contributed by atoms with Gasteiger partial charge >= 0.3 is 0 Å². The number of hydrogen-bond donors (Lipinski definition) is 4. The largest absolute Gasteiger partial charge is 0.508 e. The minimum absolute atomic E-state index is 0. The van der Waals surface area contributed by atoms with Crippen molar-refractivity contribution in [2.24, 2.45) is 4.99 Å². The Hall–Kier alpha value is -2.00. The summed E-state index contributed by atoms with van der Waals surface area (Å²) in [5.74, 6) is 1.50. The molecule has 0 bridgehead atoms. The zero-order chi connectivity index (χ0) is 18.8. The summed E-state index contributed by atoms with van der Waals surface area (Å²) in [4.78, 5) is 4.49. The molecular weight excluding hydrogens is 457 g/mol. The first-order valence-corrected chi connectivity index (χ1v) is 8.75. The van der Waals surface area contributed by atoms with Gasteiger partial charge < -0.3 is 25.6 Å². The van der Waals surface area contributed by atoms with E-state index in [4.69, 9.17) is 4.74 Å². The Balaban J connectivity index is 0.00000364. The standard InChI is InChI=1S/C20H27N3O3.HI/c1-3-21-20(22-12-11-19(25)15-7-5-4-6-8-15)23-14-16-13-17(26-2)9-10-18(16)24;/h4-10,13,19,24-25H,3,11-12,14H2,1-2H3,(H2,21,22,23);1H. The third kappa shape index (κ3) is 7.64. The summed E-state index contributed by atoms with van der Waals surface area (Å²) in [6, 6.07) is 14.7. The third-order valence-electron chi connectivity index (χ3n) is 3.93. The molecule has 0 saturated heterocycles. The molecule has 1 unspecified atom stereocenters. The zero-order valence-electron chi connectivity index (χ0n) is 15.7. The number of benzene rings is 2. The second-order valence-corrected chi connectivity index (χ2v) is 5.83. The number of phenols is 1. The summed E-state index contributed by atoms with van der Waals surface area (Å²) in [6.07, 6.45) is 0.0489. The van der Waals surface area contributed by atoms with Crippen LogP contribution in [0, 0.1) is 0 Å². The summed E-state index contributed by atoms with van der Waals surface area (Å²) in [7, 11) is 1.59. The number of nitrogens with one attached hydrogen (secondary N) is 2. The van der Waals surface area contributed by atoms with Gasteiger partial charge in [-0.05, 0) is 37.1 Å². The summed E-state index contributed by atoms with van der Waals surface area (Å²) in [5, 5.41) is 26.5. The van der Waals surface area contributed by atoms with Gasteiger partial charge in [-0.15, -0.1) is 24.0 Å². The first-order valence-electron chi connectivity index (χ1n) is 8.75. The number of halogens is 1. The number of hydrogen-bond acceptors (Lipinski definition) is 4. The lowest BCUT2D eigenvalue weighted by atomic mass is 10.1. The van der Waals surface area contributed by atoms with Gasteiger partial charge in [-0.3, -0.25) is 0 Å². The summed E-state index contributed by atoms with van der Waals surface area (Å²) in [6.45, 7) is 3.60. The first kappa shape index (κ1) is 23.0. The lowest BCUT2D eigenvalue weighted by molar-refractivity contribution is 0.168. The normalized spacial score (nSPS) is 12.0. The molecule has 0 amide bonds. The smallest absolute Gasteiger partial charge is 0.191 e. The Bertz CT molecular complexity index is 711. The van der Waals surface area contributed by atoms with Crippen LogP contribution >= 0.6 is 24.0 Å². The molecule has 4 N–H and O–H groups in total. The molecule has 0 aliphatic rings. The average Bonchev–Trinajstić information content (AvgIpc) is 2.67. The Kier molecular flexibility index (Phi) is 10.6. The minimum atomic E-state index is -0.519. The number of rotatable bonds is 8. The van der Waals surface area contributed by atoms with Crippen molar-refractivity contribution in [1.82, 2.24) is 10.6 Å². The van der Waals surface area contributed by atoms with E-state index in [0.717, 1.165) is 12.1 Å². The molecule has 0 spiro atoms. The van der Waals surface area contributed by atoms with Gasteiger partial charge in [0.2, 0.25) is 0 Å². The highest BCUT2D eigenvalue weighted by atomic mass is 127. The molecule has 0 saturated carbocycles. The van der Waals surface area contributed by atoms with Crippen LogP contribution < -0.4 is 15.4 Å². The van der Waals surface area contributed by atoms with Gasteiger partial charge in [-0.2, -0.15) is 0 Å². The van der Waals surface area contributed by atoms with E-state index < -0.39 is 6.10 Å². The van der Waals surface area contributed by atoms with Crippen LogP contribution in [0.15, 0.2) is 53.5 Å².